The molecule has 2 fully saturated rings. The van der Waals surface area contributed by atoms with Crippen LogP contribution in [0.3, 0.4) is 0 Å². The minimum Gasteiger partial charge on any atom is -0.366 e. The van der Waals surface area contributed by atoms with Gasteiger partial charge in [-0.15, -0.1) is 10.2 Å². The Balaban J connectivity index is 1.23. The van der Waals surface area contributed by atoms with Crippen LogP contribution >= 0.6 is 0 Å². The lowest BCUT2D eigenvalue weighted by molar-refractivity contribution is -0.114. The van der Waals surface area contributed by atoms with Crippen molar-refractivity contribution in [1.29, 1.82) is 0 Å². The van der Waals surface area contributed by atoms with Crippen molar-refractivity contribution in [2.24, 2.45) is 10.8 Å². The number of likely N-dealkylation sites (tertiary alicyclic amines) is 1. The summed E-state index contributed by atoms with van der Waals surface area (Å²) in [6.45, 7) is 12.2. The number of nitrogens with zero attached hydrogens (tertiary/aromatic N) is 3. The molecule has 2 N–H and O–H groups in total. The first-order chi connectivity index (χ1) is 14.2. The Kier molecular flexibility index (Phi) is 5.53. The lowest BCUT2D eigenvalue weighted by Crippen LogP contribution is -2.65. The van der Waals surface area contributed by atoms with Gasteiger partial charge in [-0.05, 0) is 60.9 Å². The summed E-state index contributed by atoms with van der Waals surface area (Å²) in [6.07, 6.45) is 3.72. The van der Waals surface area contributed by atoms with Gasteiger partial charge < -0.3 is 15.5 Å². The van der Waals surface area contributed by atoms with Crippen LogP contribution in [0.25, 0.3) is 11.3 Å². The monoisotopic (exact) mass is 407 g/mol. The smallest absolute Gasteiger partial charge is 0.221 e. The molecule has 4 rings (SSSR count). The number of aromatic nitrogens is 2. The summed E-state index contributed by atoms with van der Waals surface area (Å²) < 4.78 is 0. The predicted molar refractivity (Wildman–Crippen MR) is 121 cm³/mol. The molecule has 1 saturated heterocycles. The SMILES string of the molecule is CC(=O)Nc1ccc(-c2ccc(NC3CC4(C3)CN(CCC(C)(C)C)C4)nn2)cc1. The van der Waals surface area contributed by atoms with Gasteiger partial charge in [0.2, 0.25) is 5.91 Å². The Morgan fingerprint density at radius 3 is 2.37 bits per heavy atom. The maximum atomic E-state index is 11.1. The Hall–Kier alpha value is -2.47. The average Bonchev–Trinajstić information content (AvgIpc) is 2.61. The molecule has 1 spiro atoms. The van der Waals surface area contributed by atoms with E-state index >= 15 is 0 Å². The zero-order valence-electron chi connectivity index (χ0n) is 18.5. The fourth-order valence-electron chi connectivity index (χ4n) is 4.60. The van der Waals surface area contributed by atoms with Gasteiger partial charge in [0.05, 0.1) is 5.69 Å². The van der Waals surface area contributed by atoms with Crippen molar-refractivity contribution in [3.63, 3.8) is 0 Å². The van der Waals surface area contributed by atoms with Crippen molar-refractivity contribution < 1.29 is 4.79 Å². The topological polar surface area (TPSA) is 70.2 Å². The third kappa shape index (κ3) is 4.98. The third-order valence-electron chi connectivity index (χ3n) is 6.17. The van der Waals surface area contributed by atoms with Crippen LogP contribution in [-0.2, 0) is 4.79 Å². The summed E-state index contributed by atoms with van der Waals surface area (Å²) in [7, 11) is 0. The molecule has 6 heteroatoms. The molecule has 1 aliphatic carbocycles. The molecule has 30 heavy (non-hydrogen) atoms. The van der Waals surface area contributed by atoms with Gasteiger partial charge in [-0.2, -0.15) is 0 Å². The lowest BCUT2D eigenvalue weighted by Gasteiger charge is -2.59. The first-order valence-electron chi connectivity index (χ1n) is 10.9. The number of hydrogen-bond donors (Lipinski definition) is 2. The van der Waals surface area contributed by atoms with Gasteiger partial charge in [0.15, 0.2) is 0 Å². The number of carbonyl (C=O) groups is 1. The second-order valence-corrected chi connectivity index (χ2v) is 10.3. The van der Waals surface area contributed by atoms with Crippen molar-refractivity contribution in [3.05, 3.63) is 36.4 Å². The molecule has 1 amide bonds. The van der Waals surface area contributed by atoms with Crippen LogP contribution in [0, 0.1) is 10.8 Å². The zero-order valence-corrected chi connectivity index (χ0v) is 18.5. The largest absolute Gasteiger partial charge is 0.366 e. The highest BCUT2D eigenvalue weighted by atomic mass is 16.1. The molecule has 0 radical (unpaired) electrons. The maximum Gasteiger partial charge on any atom is 0.221 e. The Morgan fingerprint density at radius 1 is 1.10 bits per heavy atom. The molecule has 1 aromatic carbocycles. The van der Waals surface area contributed by atoms with Crippen molar-refractivity contribution in [3.8, 4) is 11.3 Å². The molecule has 160 valence electrons. The number of nitrogens with one attached hydrogen (secondary N) is 2. The number of amides is 1. The van der Waals surface area contributed by atoms with E-state index in [1.807, 2.05) is 36.4 Å². The predicted octanol–water partition coefficient (Wildman–Crippen LogP) is 4.41. The van der Waals surface area contributed by atoms with E-state index < -0.39 is 0 Å². The van der Waals surface area contributed by atoms with Gasteiger partial charge in [-0.25, -0.2) is 0 Å². The maximum absolute atomic E-state index is 11.1. The van der Waals surface area contributed by atoms with Crippen LogP contribution < -0.4 is 10.6 Å². The molecule has 1 saturated carbocycles. The number of benzene rings is 1. The van der Waals surface area contributed by atoms with Crippen molar-refractivity contribution in [2.45, 2.75) is 53.0 Å². The Morgan fingerprint density at radius 2 is 1.80 bits per heavy atom. The summed E-state index contributed by atoms with van der Waals surface area (Å²) in [4.78, 5) is 13.7. The molecule has 2 aliphatic rings. The number of hydrogen-bond acceptors (Lipinski definition) is 5. The van der Waals surface area contributed by atoms with Crippen LogP contribution in [-0.4, -0.2) is 46.7 Å². The van der Waals surface area contributed by atoms with Gasteiger partial charge in [-0.1, -0.05) is 32.9 Å². The summed E-state index contributed by atoms with van der Waals surface area (Å²) in [5, 5.41) is 15.1. The fraction of sp³-hybridized carbons (Fsp3) is 0.542. The highest BCUT2D eigenvalue weighted by Gasteiger charge is 2.52. The Labute approximate surface area is 179 Å². The van der Waals surface area contributed by atoms with E-state index in [0.29, 0.717) is 16.9 Å². The zero-order chi connectivity index (χ0) is 21.4. The first-order valence-corrected chi connectivity index (χ1v) is 10.9. The third-order valence-corrected chi connectivity index (χ3v) is 6.17. The standard InChI is InChI=1S/C24H33N5O/c1-17(30)25-19-7-5-18(6-8-19)21-9-10-22(28-27-21)26-20-13-24(14-20)15-29(16-24)12-11-23(2,3)4/h5-10,20H,11-16H2,1-4H3,(H,25,30)(H,26,28). The van der Waals surface area contributed by atoms with Gasteiger partial charge in [0.1, 0.15) is 5.82 Å². The molecule has 1 aliphatic heterocycles. The highest BCUT2D eigenvalue weighted by molar-refractivity contribution is 5.88. The molecular weight excluding hydrogens is 374 g/mol. The van der Waals surface area contributed by atoms with E-state index in [9.17, 15) is 4.79 Å². The number of carbonyl (C=O) groups excluding carboxylic acids is 1. The van der Waals surface area contributed by atoms with E-state index in [0.717, 1.165) is 22.8 Å². The van der Waals surface area contributed by atoms with Crippen LogP contribution in [0.15, 0.2) is 36.4 Å². The van der Waals surface area contributed by atoms with E-state index in [1.54, 1.807) is 0 Å². The molecule has 2 aromatic rings. The van der Waals surface area contributed by atoms with E-state index in [4.69, 9.17) is 0 Å². The van der Waals surface area contributed by atoms with Gasteiger partial charge >= 0.3 is 0 Å². The summed E-state index contributed by atoms with van der Waals surface area (Å²) in [6, 6.07) is 12.1. The number of anilines is 2. The van der Waals surface area contributed by atoms with Crippen LogP contribution in [0.2, 0.25) is 0 Å². The number of rotatable bonds is 6. The second-order valence-electron chi connectivity index (χ2n) is 10.3. The minimum atomic E-state index is -0.0738. The summed E-state index contributed by atoms with van der Waals surface area (Å²) >= 11 is 0. The first kappa shape index (κ1) is 20.8. The molecule has 0 atom stereocenters. The van der Waals surface area contributed by atoms with Crippen molar-refractivity contribution in [2.75, 3.05) is 30.3 Å². The molecular formula is C24H33N5O. The van der Waals surface area contributed by atoms with Crippen LogP contribution in [0.1, 0.15) is 47.0 Å². The van der Waals surface area contributed by atoms with E-state index in [-0.39, 0.29) is 5.91 Å². The normalized spacial score (nSPS) is 18.5. The van der Waals surface area contributed by atoms with Crippen molar-refractivity contribution in [1.82, 2.24) is 15.1 Å². The van der Waals surface area contributed by atoms with E-state index in [2.05, 4.69) is 46.5 Å². The Bertz CT molecular complexity index is 871. The molecule has 1 aromatic heterocycles. The minimum absolute atomic E-state index is 0.0738. The summed E-state index contributed by atoms with van der Waals surface area (Å²) in [5.74, 6) is 0.771. The molecule has 0 bridgehead atoms. The van der Waals surface area contributed by atoms with Crippen LogP contribution in [0.4, 0.5) is 11.5 Å². The lowest BCUT2D eigenvalue weighted by atomic mass is 9.60. The van der Waals surface area contributed by atoms with Gasteiger partial charge in [-0.3, -0.25) is 4.79 Å². The van der Waals surface area contributed by atoms with Gasteiger partial charge in [0.25, 0.3) is 0 Å². The van der Waals surface area contributed by atoms with Gasteiger partial charge in [0, 0.05) is 37.3 Å². The quantitative estimate of drug-likeness (QED) is 0.742. The summed E-state index contributed by atoms with van der Waals surface area (Å²) in [5.41, 5.74) is 3.55. The van der Waals surface area contributed by atoms with E-state index in [1.165, 1.54) is 45.8 Å². The van der Waals surface area contributed by atoms with Crippen LogP contribution in [0.5, 0.6) is 0 Å². The molecule has 0 unspecified atom stereocenters. The molecule has 2 heterocycles. The highest BCUT2D eigenvalue weighted by Crippen LogP contribution is 2.49. The molecule has 6 nitrogen and oxygen atoms in total. The second kappa shape index (κ2) is 7.99. The average molecular weight is 408 g/mol. The fourth-order valence-corrected chi connectivity index (χ4v) is 4.60. The van der Waals surface area contributed by atoms with Crippen molar-refractivity contribution >= 4 is 17.4 Å².